The summed E-state index contributed by atoms with van der Waals surface area (Å²) in [4.78, 5) is 26.9. The molecular formula is C24H25O5P. The number of rotatable bonds is 9. The van der Waals surface area contributed by atoms with Gasteiger partial charge in [0.1, 0.15) is 0 Å². The highest BCUT2D eigenvalue weighted by Crippen LogP contribution is 2.59. The fourth-order valence-corrected chi connectivity index (χ4v) is 5.39. The number of benzene rings is 2. The standard InChI is InChI=1S/C24H25O5P/c1-3-28-30(27,29-4-2)21-17-11-16-20(23(25)18-12-7-5-8-13-18)22(21)24(26)19-14-9-6-10-15-19/h5-15,17,20H,3-4,16H2,1-2H3. The first-order valence-corrected chi connectivity index (χ1v) is 11.6. The zero-order chi connectivity index (χ0) is 21.6. The summed E-state index contributed by atoms with van der Waals surface area (Å²) in [5, 5.41) is 0.167. The maximum Gasteiger partial charge on any atom is 0.361 e. The highest BCUT2D eigenvalue weighted by Gasteiger charge is 2.40. The summed E-state index contributed by atoms with van der Waals surface area (Å²) in [5.41, 5.74) is 1.10. The summed E-state index contributed by atoms with van der Waals surface area (Å²) in [6, 6.07) is 17.5. The molecule has 0 bridgehead atoms. The van der Waals surface area contributed by atoms with E-state index in [9.17, 15) is 14.2 Å². The van der Waals surface area contributed by atoms with Crippen molar-refractivity contribution in [2.45, 2.75) is 20.3 Å². The Labute approximate surface area is 176 Å². The van der Waals surface area contributed by atoms with Gasteiger partial charge in [0.25, 0.3) is 0 Å². The minimum atomic E-state index is -3.77. The van der Waals surface area contributed by atoms with Crippen molar-refractivity contribution in [2.24, 2.45) is 5.92 Å². The average Bonchev–Trinajstić information content (AvgIpc) is 2.79. The summed E-state index contributed by atoms with van der Waals surface area (Å²) >= 11 is 0. The van der Waals surface area contributed by atoms with Crippen LogP contribution in [-0.2, 0) is 13.6 Å². The molecule has 0 fully saturated rings. The van der Waals surface area contributed by atoms with E-state index in [-0.39, 0.29) is 35.7 Å². The molecule has 6 heteroatoms. The molecule has 3 rings (SSSR count). The maximum atomic E-state index is 13.6. The Kier molecular flexibility index (Phi) is 7.33. The predicted octanol–water partition coefficient (Wildman–Crippen LogP) is 5.85. The predicted molar refractivity (Wildman–Crippen MR) is 117 cm³/mol. The Balaban J connectivity index is 2.19. The highest BCUT2D eigenvalue weighted by molar-refractivity contribution is 7.58. The van der Waals surface area contributed by atoms with Crippen LogP contribution in [0.5, 0.6) is 0 Å². The molecule has 1 aliphatic rings. The van der Waals surface area contributed by atoms with Gasteiger partial charge < -0.3 is 9.05 Å². The van der Waals surface area contributed by atoms with Crippen molar-refractivity contribution in [1.29, 1.82) is 0 Å². The van der Waals surface area contributed by atoms with Crippen LogP contribution in [0, 0.1) is 5.92 Å². The van der Waals surface area contributed by atoms with Crippen molar-refractivity contribution < 1.29 is 23.2 Å². The van der Waals surface area contributed by atoms with Gasteiger partial charge in [-0.15, -0.1) is 0 Å². The van der Waals surface area contributed by atoms with Gasteiger partial charge in [-0.3, -0.25) is 14.2 Å². The van der Waals surface area contributed by atoms with Crippen molar-refractivity contribution in [2.75, 3.05) is 13.2 Å². The third kappa shape index (κ3) is 4.59. The van der Waals surface area contributed by atoms with E-state index in [4.69, 9.17) is 9.05 Å². The van der Waals surface area contributed by atoms with Crippen LogP contribution in [0.25, 0.3) is 0 Å². The molecular weight excluding hydrogens is 399 g/mol. The van der Waals surface area contributed by atoms with E-state index >= 15 is 0 Å². The average molecular weight is 424 g/mol. The lowest BCUT2D eigenvalue weighted by atomic mass is 9.81. The van der Waals surface area contributed by atoms with Crippen LogP contribution >= 0.6 is 7.60 Å². The molecule has 0 radical (unpaired) electrons. The minimum Gasteiger partial charge on any atom is -0.305 e. The van der Waals surface area contributed by atoms with Crippen molar-refractivity contribution in [3.8, 4) is 0 Å². The van der Waals surface area contributed by atoms with E-state index in [1.807, 2.05) is 12.1 Å². The van der Waals surface area contributed by atoms with Crippen molar-refractivity contribution in [3.63, 3.8) is 0 Å². The Bertz CT molecular complexity index is 998. The number of allylic oxidation sites excluding steroid dienone is 4. The van der Waals surface area contributed by atoms with Gasteiger partial charge in [0.15, 0.2) is 11.6 Å². The minimum absolute atomic E-state index is 0.152. The third-order valence-corrected chi connectivity index (χ3v) is 7.00. The fourth-order valence-electron chi connectivity index (χ4n) is 3.52. The SMILES string of the molecule is CCOP(=O)(OCC)C1=C(C(=O)c2ccccc2)C(C(=O)c2ccccc2)CC=C1. The molecule has 0 aliphatic heterocycles. The van der Waals surface area contributed by atoms with E-state index in [0.717, 1.165) is 0 Å². The number of carbonyl (C=O) groups excluding carboxylic acids is 2. The first kappa shape index (κ1) is 22.1. The monoisotopic (exact) mass is 424 g/mol. The van der Waals surface area contributed by atoms with E-state index in [1.54, 1.807) is 74.5 Å². The molecule has 0 saturated carbocycles. The number of hydrogen-bond acceptors (Lipinski definition) is 5. The molecule has 156 valence electrons. The molecule has 0 aromatic heterocycles. The van der Waals surface area contributed by atoms with E-state index in [1.165, 1.54) is 0 Å². The molecule has 0 heterocycles. The zero-order valence-electron chi connectivity index (χ0n) is 17.1. The summed E-state index contributed by atoms with van der Waals surface area (Å²) < 4.78 is 24.6. The Hall–Kier alpha value is -2.59. The zero-order valence-corrected chi connectivity index (χ0v) is 18.0. The van der Waals surface area contributed by atoms with Gasteiger partial charge in [-0.05, 0) is 20.3 Å². The fraction of sp³-hybridized carbons (Fsp3) is 0.250. The summed E-state index contributed by atoms with van der Waals surface area (Å²) in [5.74, 6) is -1.31. The number of Topliss-reactive ketones (excluding diaryl/α,β-unsaturated/α-hetero) is 2. The van der Waals surface area contributed by atoms with Crippen LogP contribution in [0.1, 0.15) is 41.0 Å². The topological polar surface area (TPSA) is 69.7 Å². The molecule has 0 N–H and O–H groups in total. The quantitative estimate of drug-likeness (QED) is 0.373. The second-order valence-corrected chi connectivity index (χ2v) is 8.74. The third-order valence-electron chi connectivity index (χ3n) is 4.82. The second-order valence-electron chi connectivity index (χ2n) is 6.75. The van der Waals surface area contributed by atoms with Crippen molar-refractivity contribution in [3.05, 3.63) is 94.8 Å². The Morgan fingerprint density at radius 1 is 0.900 bits per heavy atom. The van der Waals surface area contributed by atoms with Crippen LogP contribution < -0.4 is 0 Å². The van der Waals surface area contributed by atoms with E-state index in [0.29, 0.717) is 17.5 Å². The van der Waals surface area contributed by atoms with Crippen LogP contribution in [0.3, 0.4) is 0 Å². The largest absolute Gasteiger partial charge is 0.361 e. The summed E-state index contributed by atoms with van der Waals surface area (Å²) in [6.07, 6.45) is 3.70. The van der Waals surface area contributed by atoms with Gasteiger partial charge in [-0.1, -0.05) is 72.8 Å². The molecule has 2 aromatic carbocycles. The first-order valence-electron chi connectivity index (χ1n) is 10.0. The van der Waals surface area contributed by atoms with Gasteiger partial charge in [-0.25, -0.2) is 0 Å². The normalized spacial score (nSPS) is 16.5. The lowest BCUT2D eigenvalue weighted by molar-refractivity contribution is 0.0905. The van der Waals surface area contributed by atoms with Crippen molar-refractivity contribution in [1.82, 2.24) is 0 Å². The van der Waals surface area contributed by atoms with Gasteiger partial charge in [-0.2, -0.15) is 0 Å². The van der Waals surface area contributed by atoms with Gasteiger partial charge >= 0.3 is 7.60 Å². The lowest BCUT2D eigenvalue weighted by Gasteiger charge is -2.27. The van der Waals surface area contributed by atoms with Crippen LogP contribution in [-0.4, -0.2) is 24.8 Å². The summed E-state index contributed by atoms with van der Waals surface area (Å²) in [6.45, 7) is 3.73. The maximum absolute atomic E-state index is 13.6. The van der Waals surface area contributed by atoms with Crippen LogP contribution in [0.15, 0.2) is 83.7 Å². The lowest BCUT2D eigenvalue weighted by Crippen LogP contribution is -2.25. The number of carbonyl (C=O) groups is 2. The van der Waals surface area contributed by atoms with Crippen LogP contribution in [0.4, 0.5) is 0 Å². The number of ketones is 2. The molecule has 0 saturated heterocycles. The molecule has 0 spiro atoms. The molecule has 1 atom stereocenters. The summed E-state index contributed by atoms with van der Waals surface area (Å²) in [7, 11) is -3.77. The molecule has 1 aliphatic carbocycles. The molecule has 30 heavy (non-hydrogen) atoms. The van der Waals surface area contributed by atoms with E-state index < -0.39 is 13.5 Å². The molecule has 5 nitrogen and oxygen atoms in total. The highest BCUT2D eigenvalue weighted by atomic mass is 31.2. The van der Waals surface area contributed by atoms with Gasteiger partial charge in [0, 0.05) is 16.7 Å². The molecule has 1 unspecified atom stereocenters. The van der Waals surface area contributed by atoms with Gasteiger partial charge in [0.2, 0.25) is 0 Å². The Morgan fingerprint density at radius 2 is 1.43 bits per heavy atom. The smallest absolute Gasteiger partial charge is 0.305 e. The van der Waals surface area contributed by atoms with Gasteiger partial charge in [0.05, 0.1) is 24.4 Å². The van der Waals surface area contributed by atoms with E-state index in [2.05, 4.69) is 0 Å². The first-order chi connectivity index (χ1) is 14.5. The second kappa shape index (κ2) is 9.94. The van der Waals surface area contributed by atoms with Crippen molar-refractivity contribution >= 4 is 19.2 Å². The molecule has 2 aromatic rings. The molecule has 0 amide bonds. The Morgan fingerprint density at radius 3 is 1.97 bits per heavy atom. The number of hydrogen-bond donors (Lipinski definition) is 0. The van der Waals surface area contributed by atoms with Crippen LogP contribution in [0.2, 0.25) is 0 Å².